The van der Waals surface area contributed by atoms with Crippen molar-refractivity contribution in [1.29, 1.82) is 0 Å². The molecule has 0 saturated carbocycles. The molecule has 0 aromatic heterocycles. The Morgan fingerprint density at radius 1 is 1.17 bits per heavy atom. The standard InChI is InChI=1S/C16H17ClN2O4S/c1-11-9-13(5-8-15(11)17)23-10-16(20)19-12-3-6-14(7-4-12)24(21,22)18-2/h3-9,18H,10H2,1-2H3,(H,19,20). The number of nitrogens with one attached hydrogen (secondary N) is 2. The lowest BCUT2D eigenvalue weighted by molar-refractivity contribution is -0.118. The van der Waals surface area contributed by atoms with Crippen LogP contribution in [0.2, 0.25) is 5.02 Å². The minimum absolute atomic E-state index is 0.121. The van der Waals surface area contributed by atoms with Crippen LogP contribution in [-0.2, 0) is 14.8 Å². The van der Waals surface area contributed by atoms with E-state index in [2.05, 4.69) is 10.0 Å². The number of aryl methyl sites for hydroxylation is 1. The van der Waals surface area contributed by atoms with Crippen LogP contribution < -0.4 is 14.8 Å². The highest BCUT2D eigenvalue weighted by molar-refractivity contribution is 7.89. The summed E-state index contributed by atoms with van der Waals surface area (Å²) >= 11 is 5.92. The summed E-state index contributed by atoms with van der Waals surface area (Å²) in [5.41, 5.74) is 1.34. The second kappa shape index (κ2) is 7.65. The van der Waals surface area contributed by atoms with Gasteiger partial charge >= 0.3 is 0 Å². The second-order valence-corrected chi connectivity index (χ2v) is 7.27. The average molecular weight is 369 g/mol. The van der Waals surface area contributed by atoms with Gasteiger partial charge in [0.25, 0.3) is 5.91 Å². The largest absolute Gasteiger partial charge is 0.484 e. The van der Waals surface area contributed by atoms with Gasteiger partial charge in [0.1, 0.15) is 5.75 Å². The van der Waals surface area contributed by atoms with Crippen LogP contribution in [0.1, 0.15) is 5.56 Å². The van der Waals surface area contributed by atoms with E-state index in [1.54, 1.807) is 18.2 Å². The summed E-state index contributed by atoms with van der Waals surface area (Å²) in [6.07, 6.45) is 0. The van der Waals surface area contributed by atoms with Crippen molar-refractivity contribution in [3.8, 4) is 5.75 Å². The summed E-state index contributed by atoms with van der Waals surface area (Å²) in [6.45, 7) is 1.67. The lowest BCUT2D eigenvalue weighted by Crippen LogP contribution is -2.21. The third kappa shape index (κ3) is 4.70. The van der Waals surface area contributed by atoms with Crippen LogP contribution in [0.15, 0.2) is 47.4 Å². The van der Waals surface area contributed by atoms with Gasteiger partial charge in [-0.3, -0.25) is 4.79 Å². The Morgan fingerprint density at radius 2 is 1.83 bits per heavy atom. The van der Waals surface area contributed by atoms with Crippen molar-refractivity contribution < 1.29 is 17.9 Å². The molecular weight excluding hydrogens is 352 g/mol. The molecule has 128 valence electrons. The van der Waals surface area contributed by atoms with Crippen LogP contribution in [0.5, 0.6) is 5.75 Å². The zero-order valence-corrected chi connectivity index (χ0v) is 14.7. The number of halogens is 1. The molecule has 0 unspecified atom stereocenters. The number of amides is 1. The van der Waals surface area contributed by atoms with Gasteiger partial charge in [-0.2, -0.15) is 0 Å². The van der Waals surface area contributed by atoms with E-state index in [-0.39, 0.29) is 17.4 Å². The predicted molar refractivity (Wildman–Crippen MR) is 93.0 cm³/mol. The number of hydrogen-bond donors (Lipinski definition) is 2. The molecule has 8 heteroatoms. The monoisotopic (exact) mass is 368 g/mol. The zero-order chi connectivity index (χ0) is 17.7. The molecule has 0 aliphatic heterocycles. The molecule has 2 aromatic rings. The summed E-state index contributed by atoms with van der Waals surface area (Å²) in [5, 5.41) is 3.26. The van der Waals surface area contributed by atoms with E-state index in [1.807, 2.05) is 6.92 Å². The Balaban J connectivity index is 1.93. The maximum absolute atomic E-state index is 11.9. The first-order valence-electron chi connectivity index (χ1n) is 7.04. The second-order valence-electron chi connectivity index (χ2n) is 4.98. The molecule has 0 radical (unpaired) electrons. The van der Waals surface area contributed by atoms with E-state index in [0.29, 0.717) is 16.5 Å². The van der Waals surface area contributed by atoms with Gasteiger partial charge in [-0.1, -0.05) is 11.6 Å². The van der Waals surface area contributed by atoms with Gasteiger partial charge in [-0.25, -0.2) is 13.1 Å². The van der Waals surface area contributed by atoms with Gasteiger partial charge in [0.2, 0.25) is 10.0 Å². The molecule has 0 aliphatic rings. The van der Waals surface area contributed by atoms with Gasteiger partial charge in [0.05, 0.1) is 4.90 Å². The number of benzene rings is 2. The van der Waals surface area contributed by atoms with Crippen LogP contribution in [-0.4, -0.2) is 28.0 Å². The van der Waals surface area contributed by atoms with Gasteiger partial charge in [0.15, 0.2) is 6.61 Å². The van der Waals surface area contributed by atoms with Crippen LogP contribution in [0.3, 0.4) is 0 Å². The number of hydrogen-bond acceptors (Lipinski definition) is 4. The number of sulfonamides is 1. The van der Waals surface area contributed by atoms with Gasteiger partial charge in [0, 0.05) is 10.7 Å². The van der Waals surface area contributed by atoms with E-state index in [9.17, 15) is 13.2 Å². The molecule has 2 rings (SSSR count). The normalized spacial score (nSPS) is 11.1. The molecule has 0 bridgehead atoms. The molecule has 24 heavy (non-hydrogen) atoms. The van der Waals surface area contributed by atoms with Crippen molar-refractivity contribution in [2.24, 2.45) is 0 Å². The first-order valence-corrected chi connectivity index (χ1v) is 8.90. The summed E-state index contributed by atoms with van der Waals surface area (Å²) in [5.74, 6) is 0.189. The first-order chi connectivity index (χ1) is 11.3. The molecular formula is C16H17ClN2O4S. The highest BCUT2D eigenvalue weighted by Crippen LogP contribution is 2.21. The Bertz CT molecular complexity index is 836. The third-order valence-corrected chi connectivity index (χ3v) is 5.07. The van der Waals surface area contributed by atoms with Gasteiger partial charge < -0.3 is 10.1 Å². The molecule has 1 amide bonds. The van der Waals surface area contributed by atoms with Gasteiger partial charge in [-0.15, -0.1) is 0 Å². The Morgan fingerprint density at radius 3 is 2.42 bits per heavy atom. The van der Waals surface area contributed by atoms with Crippen molar-refractivity contribution in [1.82, 2.24) is 4.72 Å². The van der Waals surface area contributed by atoms with Crippen LogP contribution in [0.4, 0.5) is 5.69 Å². The topological polar surface area (TPSA) is 84.5 Å². The number of carbonyl (C=O) groups excluding carboxylic acids is 1. The summed E-state index contributed by atoms with van der Waals surface area (Å²) in [6, 6.07) is 11.0. The SMILES string of the molecule is CNS(=O)(=O)c1ccc(NC(=O)COc2ccc(Cl)c(C)c2)cc1. The van der Waals surface area contributed by atoms with Crippen molar-refractivity contribution >= 4 is 33.2 Å². The van der Waals surface area contributed by atoms with Crippen LogP contribution in [0, 0.1) is 6.92 Å². The molecule has 2 N–H and O–H groups in total. The molecule has 0 atom stereocenters. The quantitative estimate of drug-likeness (QED) is 0.820. The van der Waals surface area contributed by atoms with Crippen LogP contribution >= 0.6 is 11.6 Å². The lowest BCUT2D eigenvalue weighted by Gasteiger charge is -2.09. The molecule has 0 aliphatic carbocycles. The minimum atomic E-state index is -3.50. The van der Waals surface area contributed by atoms with Crippen molar-refractivity contribution in [2.75, 3.05) is 19.0 Å². The number of carbonyl (C=O) groups is 1. The van der Waals surface area contributed by atoms with Crippen LogP contribution in [0.25, 0.3) is 0 Å². The number of ether oxygens (including phenoxy) is 1. The molecule has 0 spiro atoms. The fraction of sp³-hybridized carbons (Fsp3) is 0.188. The van der Waals surface area contributed by atoms with Crippen molar-refractivity contribution in [2.45, 2.75) is 11.8 Å². The lowest BCUT2D eigenvalue weighted by atomic mass is 10.2. The number of anilines is 1. The van der Waals surface area contributed by atoms with Gasteiger partial charge in [-0.05, 0) is 62.0 Å². The Hall–Kier alpha value is -2.09. The summed E-state index contributed by atoms with van der Waals surface area (Å²) in [4.78, 5) is 12.0. The molecule has 0 heterocycles. The maximum atomic E-state index is 11.9. The Kier molecular flexibility index (Phi) is 5.82. The molecule has 0 fully saturated rings. The third-order valence-electron chi connectivity index (χ3n) is 3.22. The fourth-order valence-electron chi connectivity index (χ4n) is 1.89. The van der Waals surface area contributed by atoms with Crippen molar-refractivity contribution in [3.63, 3.8) is 0 Å². The highest BCUT2D eigenvalue weighted by Gasteiger charge is 2.11. The maximum Gasteiger partial charge on any atom is 0.262 e. The van der Waals surface area contributed by atoms with E-state index in [0.717, 1.165) is 5.56 Å². The minimum Gasteiger partial charge on any atom is -0.484 e. The first kappa shape index (κ1) is 18.3. The van der Waals surface area contributed by atoms with E-state index in [1.165, 1.54) is 31.3 Å². The van der Waals surface area contributed by atoms with E-state index in [4.69, 9.17) is 16.3 Å². The predicted octanol–water partition coefficient (Wildman–Crippen LogP) is 2.57. The van der Waals surface area contributed by atoms with Crippen molar-refractivity contribution in [3.05, 3.63) is 53.1 Å². The average Bonchev–Trinajstić information content (AvgIpc) is 2.56. The highest BCUT2D eigenvalue weighted by atomic mass is 35.5. The summed E-state index contributed by atoms with van der Waals surface area (Å²) < 4.78 is 30.8. The fourth-order valence-corrected chi connectivity index (χ4v) is 2.74. The summed E-state index contributed by atoms with van der Waals surface area (Å²) in [7, 11) is -2.16. The molecule has 2 aromatic carbocycles. The van der Waals surface area contributed by atoms with E-state index < -0.39 is 10.0 Å². The Labute approximate surface area is 145 Å². The molecule has 0 saturated heterocycles. The van der Waals surface area contributed by atoms with E-state index >= 15 is 0 Å². The smallest absolute Gasteiger partial charge is 0.262 e. The zero-order valence-electron chi connectivity index (χ0n) is 13.2. The molecule has 6 nitrogen and oxygen atoms in total. The number of rotatable bonds is 6.